The van der Waals surface area contributed by atoms with E-state index in [1.54, 1.807) is 37.3 Å². The molecule has 4 amide bonds. The number of urea groups is 1. The van der Waals surface area contributed by atoms with E-state index in [0.717, 1.165) is 25.7 Å². The minimum atomic E-state index is -1.16. The summed E-state index contributed by atoms with van der Waals surface area (Å²) in [5.41, 5.74) is 6.24. The molecule has 9 nitrogen and oxygen atoms in total. The zero-order valence-electron chi connectivity index (χ0n) is 20.2. The highest BCUT2D eigenvalue weighted by molar-refractivity contribution is 5.96. The van der Waals surface area contributed by atoms with Crippen LogP contribution < -0.4 is 21.1 Å². The normalized spacial score (nSPS) is 22.6. The Morgan fingerprint density at radius 1 is 1.00 bits per heavy atom. The molecule has 2 aliphatic rings. The van der Waals surface area contributed by atoms with Crippen molar-refractivity contribution >= 4 is 23.5 Å². The van der Waals surface area contributed by atoms with Crippen LogP contribution in [0.2, 0.25) is 0 Å². The zero-order chi connectivity index (χ0) is 25.7. The summed E-state index contributed by atoms with van der Waals surface area (Å²) in [6.45, 7) is 1.91. The van der Waals surface area contributed by atoms with Gasteiger partial charge in [0.1, 0.15) is 11.6 Å². The molecule has 0 spiro atoms. The number of anilines is 1. The molecule has 2 aromatic carbocycles. The van der Waals surface area contributed by atoms with Crippen LogP contribution in [-0.2, 0) is 9.59 Å². The Labute approximate surface area is 209 Å². The van der Waals surface area contributed by atoms with Crippen LogP contribution in [0, 0.1) is 5.82 Å². The van der Waals surface area contributed by atoms with Gasteiger partial charge in [-0.05, 0) is 62.9 Å². The first-order valence-electron chi connectivity index (χ1n) is 12.2. The number of amides is 4. The molecule has 1 saturated heterocycles. The van der Waals surface area contributed by atoms with E-state index in [2.05, 4.69) is 10.6 Å². The summed E-state index contributed by atoms with van der Waals surface area (Å²) in [7, 11) is 0. The number of ether oxygens (including phenoxy) is 1. The van der Waals surface area contributed by atoms with Crippen molar-refractivity contribution in [1.82, 2.24) is 15.1 Å². The lowest BCUT2D eigenvalue weighted by Crippen LogP contribution is -2.58. The first-order chi connectivity index (χ1) is 17.3. The van der Waals surface area contributed by atoms with Crippen LogP contribution >= 0.6 is 0 Å². The van der Waals surface area contributed by atoms with Crippen LogP contribution in [0.4, 0.5) is 14.9 Å². The van der Waals surface area contributed by atoms with Crippen LogP contribution in [-0.4, -0.2) is 65.1 Å². The molecular weight excluding hydrogens is 465 g/mol. The second-order valence-electron chi connectivity index (χ2n) is 9.23. The number of carbonyl (C=O) groups excluding carboxylic acids is 3. The van der Waals surface area contributed by atoms with Gasteiger partial charge in [-0.2, -0.15) is 0 Å². The summed E-state index contributed by atoms with van der Waals surface area (Å²) in [6, 6.07) is 13.8. The highest BCUT2D eigenvalue weighted by Gasteiger charge is 2.44. The van der Waals surface area contributed by atoms with Crippen LogP contribution in [0.3, 0.4) is 0 Å². The minimum absolute atomic E-state index is 0.0824. The van der Waals surface area contributed by atoms with Gasteiger partial charge in [-0.3, -0.25) is 14.5 Å². The first-order valence-corrected chi connectivity index (χ1v) is 12.2. The molecule has 1 aliphatic heterocycles. The van der Waals surface area contributed by atoms with Crippen molar-refractivity contribution in [2.45, 2.75) is 57.0 Å². The lowest BCUT2D eigenvalue weighted by atomic mass is 9.92. The second kappa shape index (κ2) is 11.4. The van der Waals surface area contributed by atoms with Gasteiger partial charge in [0.05, 0.1) is 0 Å². The van der Waals surface area contributed by atoms with Crippen LogP contribution in [0.1, 0.15) is 32.6 Å². The summed E-state index contributed by atoms with van der Waals surface area (Å²) in [5.74, 6) is -0.825. The molecule has 4 rings (SSSR count). The maximum atomic E-state index is 13.6. The van der Waals surface area contributed by atoms with Gasteiger partial charge in [-0.1, -0.05) is 24.3 Å². The SMILES string of the molecule is CC(Oc1ccccc1)C(=O)N1CCN(C(=O)Nc2cccc(F)c2)C1C(=O)NC1CCC(N)CC1. The van der Waals surface area contributed by atoms with Gasteiger partial charge >= 0.3 is 6.03 Å². The van der Waals surface area contributed by atoms with Gasteiger partial charge in [0.25, 0.3) is 11.8 Å². The average Bonchev–Trinajstić information content (AvgIpc) is 3.31. The number of nitrogens with zero attached hydrogens (tertiary/aromatic N) is 2. The molecule has 192 valence electrons. The van der Waals surface area contributed by atoms with E-state index in [0.29, 0.717) is 5.75 Å². The van der Waals surface area contributed by atoms with Crippen LogP contribution in [0.5, 0.6) is 5.75 Å². The van der Waals surface area contributed by atoms with E-state index in [1.807, 2.05) is 6.07 Å². The summed E-state index contributed by atoms with van der Waals surface area (Å²) in [4.78, 5) is 42.6. The van der Waals surface area contributed by atoms with Crippen molar-refractivity contribution < 1.29 is 23.5 Å². The Morgan fingerprint density at radius 3 is 2.39 bits per heavy atom. The molecular formula is C26H32FN5O4. The summed E-state index contributed by atoms with van der Waals surface area (Å²) >= 11 is 0. The van der Waals surface area contributed by atoms with Crippen molar-refractivity contribution in [3.63, 3.8) is 0 Å². The zero-order valence-corrected chi connectivity index (χ0v) is 20.2. The Kier molecular flexibility index (Phi) is 8.04. The molecule has 0 aromatic heterocycles. The third-order valence-corrected chi connectivity index (χ3v) is 6.55. The number of carbonyl (C=O) groups is 3. The first kappa shape index (κ1) is 25.4. The average molecular weight is 498 g/mol. The topological polar surface area (TPSA) is 117 Å². The Hall–Kier alpha value is -3.66. The van der Waals surface area contributed by atoms with Crippen molar-refractivity contribution in [3.05, 3.63) is 60.4 Å². The largest absolute Gasteiger partial charge is 0.481 e. The molecule has 2 unspecified atom stereocenters. The van der Waals surface area contributed by atoms with Gasteiger partial charge in [0.2, 0.25) is 0 Å². The Morgan fingerprint density at radius 2 is 1.69 bits per heavy atom. The standard InChI is InChI=1S/C26H32FN5O4/c1-17(36-22-8-3-2-4-9-22)25(34)31-14-15-32(26(35)30-21-7-5-6-18(27)16-21)24(31)23(33)29-20-12-10-19(28)11-13-20/h2-9,16-17,19-20,24H,10-15,28H2,1H3,(H,29,33)(H,30,35). The summed E-state index contributed by atoms with van der Waals surface area (Å²) < 4.78 is 19.4. The fourth-order valence-corrected chi connectivity index (χ4v) is 4.64. The lowest BCUT2D eigenvalue weighted by molar-refractivity contribution is -0.146. The molecule has 2 aromatic rings. The number of para-hydroxylation sites is 1. The number of rotatable bonds is 6. The number of hydrogen-bond donors (Lipinski definition) is 3. The van der Waals surface area contributed by atoms with Crippen molar-refractivity contribution in [1.29, 1.82) is 0 Å². The fourth-order valence-electron chi connectivity index (χ4n) is 4.64. The molecule has 1 aliphatic carbocycles. The van der Waals surface area contributed by atoms with Gasteiger partial charge in [-0.15, -0.1) is 0 Å². The highest BCUT2D eigenvalue weighted by atomic mass is 19.1. The molecule has 4 N–H and O–H groups in total. The molecule has 0 bridgehead atoms. The monoisotopic (exact) mass is 497 g/mol. The highest BCUT2D eigenvalue weighted by Crippen LogP contribution is 2.23. The minimum Gasteiger partial charge on any atom is -0.481 e. The third-order valence-electron chi connectivity index (χ3n) is 6.55. The van der Waals surface area contributed by atoms with Crippen molar-refractivity contribution in [2.75, 3.05) is 18.4 Å². The summed E-state index contributed by atoms with van der Waals surface area (Å²) in [5, 5.41) is 5.63. The van der Waals surface area contributed by atoms with Gasteiger partial charge < -0.3 is 26.0 Å². The van der Waals surface area contributed by atoms with Crippen LogP contribution in [0.25, 0.3) is 0 Å². The molecule has 36 heavy (non-hydrogen) atoms. The third kappa shape index (κ3) is 6.12. The predicted molar refractivity (Wildman–Crippen MR) is 133 cm³/mol. The lowest BCUT2D eigenvalue weighted by Gasteiger charge is -2.33. The van der Waals surface area contributed by atoms with Crippen molar-refractivity contribution in [2.24, 2.45) is 5.73 Å². The molecule has 1 heterocycles. The van der Waals surface area contributed by atoms with E-state index >= 15 is 0 Å². The van der Waals surface area contributed by atoms with E-state index in [9.17, 15) is 18.8 Å². The number of benzene rings is 2. The molecule has 1 saturated carbocycles. The Bertz CT molecular complexity index is 1080. The van der Waals surface area contributed by atoms with E-state index in [1.165, 1.54) is 28.0 Å². The maximum absolute atomic E-state index is 13.6. The summed E-state index contributed by atoms with van der Waals surface area (Å²) in [6.07, 6.45) is 1.02. The number of nitrogens with one attached hydrogen (secondary N) is 2. The molecule has 2 fully saturated rings. The fraction of sp³-hybridized carbons (Fsp3) is 0.423. The smallest absolute Gasteiger partial charge is 0.323 e. The predicted octanol–water partition coefficient (Wildman–Crippen LogP) is 2.68. The van der Waals surface area contributed by atoms with Gasteiger partial charge in [0.15, 0.2) is 12.3 Å². The van der Waals surface area contributed by atoms with E-state index < -0.39 is 35.9 Å². The van der Waals surface area contributed by atoms with Gasteiger partial charge in [0, 0.05) is 30.9 Å². The maximum Gasteiger partial charge on any atom is 0.323 e. The number of hydrogen-bond acceptors (Lipinski definition) is 5. The number of halogens is 1. The van der Waals surface area contributed by atoms with E-state index in [4.69, 9.17) is 10.5 Å². The quantitative estimate of drug-likeness (QED) is 0.567. The van der Waals surface area contributed by atoms with Crippen LogP contribution in [0.15, 0.2) is 54.6 Å². The molecule has 2 atom stereocenters. The molecule has 10 heteroatoms. The number of nitrogens with two attached hydrogens (primary N) is 1. The van der Waals surface area contributed by atoms with E-state index in [-0.39, 0.29) is 30.9 Å². The van der Waals surface area contributed by atoms with Crippen molar-refractivity contribution in [3.8, 4) is 5.75 Å². The Balaban J connectivity index is 1.51. The second-order valence-corrected chi connectivity index (χ2v) is 9.23. The molecule has 0 radical (unpaired) electrons. The van der Waals surface area contributed by atoms with Gasteiger partial charge in [-0.25, -0.2) is 9.18 Å².